The van der Waals surface area contributed by atoms with E-state index in [1.165, 1.54) is 18.4 Å². The molecule has 0 atom stereocenters. The summed E-state index contributed by atoms with van der Waals surface area (Å²) < 4.78 is 5.39. The predicted molar refractivity (Wildman–Crippen MR) is 102 cm³/mol. The van der Waals surface area contributed by atoms with Gasteiger partial charge in [0.05, 0.1) is 6.61 Å². The summed E-state index contributed by atoms with van der Waals surface area (Å²) >= 11 is 0. The average Bonchev–Trinajstić information content (AvgIpc) is 2.68. The van der Waals surface area contributed by atoms with Crippen molar-refractivity contribution in [2.24, 2.45) is 0 Å². The topological polar surface area (TPSA) is 44.7 Å². The monoisotopic (exact) mass is 340 g/mol. The number of aliphatic hydroxyl groups excluding tert-OH is 1. The molecule has 0 spiro atoms. The third-order valence-electron chi connectivity index (χ3n) is 4.73. The number of nitrogens with zero attached hydrogens (tertiary/aromatic N) is 1. The highest BCUT2D eigenvalue weighted by Gasteiger charge is 2.18. The number of likely N-dealkylation sites (tertiary alicyclic amines) is 1. The van der Waals surface area contributed by atoms with Gasteiger partial charge < -0.3 is 20.1 Å². The van der Waals surface area contributed by atoms with Gasteiger partial charge >= 0.3 is 0 Å². The molecule has 3 rings (SSSR count). The number of benzene rings is 2. The summed E-state index contributed by atoms with van der Waals surface area (Å²) in [7, 11) is 0. The van der Waals surface area contributed by atoms with Crippen molar-refractivity contribution >= 4 is 5.69 Å². The minimum Gasteiger partial charge on any atom is -0.491 e. The zero-order chi connectivity index (χ0) is 17.3. The molecule has 1 aliphatic heterocycles. The highest BCUT2D eigenvalue weighted by atomic mass is 16.5. The van der Waals surface area contributed by atoms with Crippen LogP contribution in [0.2, 0.25) is 0 Å². The van der Waals surface area contributed by atoms with Crippen molar-refractivity contribution in [2.75, 3.05) is 38.2 Å². The van der Waals surface area contributed by atoms with Crippen molar-refractivity contribution < 1.29 is 9.84 Å². The van der Waals surface area contributed by atoms with E-state index in [9.17, 15) is 0 Å². The smallest absolute Gasteiger partial charge is 0.119 e. The van der Waals surface area contributed by atoms with Gasteiger partial charge in [0.25, 0.3) is 0 Å². The van der Waals surface area contributed by atoms with Crippen LogP contribution in [0.4, 0.5) is 5.69 Å². The van der Waals surface area contributed by atoms with Gasteiger partial charge in [-0.2, -0.15) is 0 Å². The molecule has 0 aromatic heterocycles. The van der Waals surface area contributed by atoms with Crippen molar-refractivity contribution in [3.05, 3.63) is 60.2 Å². The summed E-state index contributed by atoms with van der Waals surface area (Å²) in [5, 5.41) is 12.4. The van der Waals surface area contributed by atoms with Crippen LogP contribution in [0, 0.1) is 0 Å². The molecule has 0 bridgehead atoms. The van der Waals surface area contributed by atoms with Gasteiger partial charge in [-0.05, 0) is 49.1 Å². The molecule has 0 amide bonds. The lowest BCUT2D eigenvalue weighted by Gasteiger charge is -2.33. The Morgan fingerprint density at radius 1 is 1.00 bits per heavy atom. The molecule has 0 saturated carbocycles. The number of aliphatic hydroxyl groups is 1. The minimum atomic E-state index is 0.0445. The van der Waals surface area contributed by atoms with Gasteiger partial charge in [0.2, 0.25) is 0 Å². The van der Waals surface area contributed by atoms with Gasteiger partial charge in [-0.25, -0.2) is 0 Å². The summed E-state index contributed by atoms with van der Waals surface area (Å²) in [6.45, 7) is 3.84. The first-order valence-corrected chi connectivity index (χ1v) is 9.20. The number of anilines is 1. The summed E-state index contributed by atoms with van der Waals surface area (Å²) in [5.41, 5.74) is 2.56. The van der Waals surface area contributed by atoms with E-state index in [2.05, 4.69) is 52.7 Å². The first-order chi connectivity index (χ1) is 12.3. The SMILES string of the molecule is OCCOc1ccc(NC2CCN(CCc3ccccc3)CC2)cc1. The molecule has 1 fully saturated rings. The Bertz CT molecular complexity index is 608. The normalized spacial score (nSPS) is 15.9. The van der Waals surface area contributed by atoms with Crippen LogP contribution in [-0.2, 0) is 6.42 Å². The molecule has 1 aliphatic rings. The maximum atomic E-state index is 8.78. The fraction of sp³-hybridized carbons (Fsp3) is 0.429. The van der Waals surface area contributed by atoms with Gasteiger partial charge in [-0.1, -0.05) is 30.3 Å². The molecule has 2 aromatic rings. The third-order valence-corrected chi connectivity index (χ3v) is 4.73. The van der Waals surface area contributed by atoms with Crippen molar-refractivity contribution in [1.82, 2.24) is 4.90 Å². The number of piperidine rings is 1. The fourth-order valence-corrected chi connectivity index (χ4v) is 3.28. The Morgan fingerprint density at radius 3 is 2.40 bits per heavy atom. The van der Waals surface area contributed by atoms with Crippen molar-refractivity contribution in [2.45, 2.75) is 25.3 Å². The van der Waals surface area contributed by atoms with E-state index in [1.807, 2.05) is 12.1 Å². The summed E-state index contributed by atoms with van der Waals surface area (Å²) in [4.78, 5) is 2.57. The standard InChI is InChI=1S/C21H28N2O2/c24-16-17-25-21-8-6-19(7-9-21)22-20-11-14-23(15-12-20)13-10-18-4-2-1-3-5-18/h1-9,20,22,24H,10-17H2. The second-order valence-electron chi connectivity index (χ2n) is 6.59. The van der Waals surface area contributed by atoms with E-state index in [-0.39, 0.29) is 6.61 Å². The number of nitrogens with one attached hydrogen (secondary N) is 1. The van der Waals surface area contributed by atoms with Crippen LogP contribution in [0.25, 0.3) is 0 Å². The largest absolute Gasteiger partial charge is 0.491 e. The molecule has 4 nitrogen and oxygen atoms in total. The Balaban J connectivity index is 1.38. The second-order valence-corrected chi connectivity index (χ2v) is 6.59. The summed E-state index contributed by atoms with van der Waals surface area (Å²) in [6, 6.07) is 19.3. The lowest BCUT2D eigenvalue weighted by Crippen LogP contribution is -2.40. The molecule has 2 aromatic carbocycles. The highest BCUT2D eigenvalue weighted by Crippen LogP contribution is 2.20. The van der Waals surface area contributed by atoms with E-state index in [4.69, 9.17) is 9.84 Å². The highest BCUT2D eigenvalue weighted by molar-refractivity contribution is 5.47. The fourth-order valence-electron chi connectivity index (χ4n) is 3.28. The molecular weight excluding hydrogens is 312 g/mol. The van der Waals surface area contributed by atoms with Crippen molar-refractivity contribution in [3.8, 4) is 5.75 Å². The van der Waals surface area contributed by atoms with Crippen LogP contribution in [0.5, 0.6) is 5.75 Å². The lowest BCUT2D eigenvalue weighted by atomic mass is 10.0. The molecule has 0 unspecified atom stereocenters. The Kier molecular flexibility index (Phi) is 6.71. The second kappa shape index (κ2) is 9.44. The van der Waals surface area contributed by atoms with E-state index in [0.717, 1.165) is 37.5 Å². The third kappa shape index (κ3) is 5.76. The predicted octanol–water partition coefficient (Wildman–Crippen LogP) is 3.18. The van der Waals surface area contributed by atoms with Gasteiger partial charge in [-0.3, -0.25) is 0 Å². The summed E-state index contributed by atoms with van der Waals surface area (Å²) in [6.07, 6.45) is 3.49. The van der Waals surface area contributed by atoms with Crippen LogP contribution in [0.1, 0.15) is 18.4 Å². The van der Waals surface area contributed by atoms with Crippen LogP contribution >= 0.6 is 0 Å². The number of hydrogen-bond donors (Lipinski definition) is 2. The van der Waals surface area contributed by atoms with E-state index in [0.29, 0.717) is 12.6 Å². The minimum absolute atomic E-state index is 0.0445. The molecular formula is C21H28N2O2. The molecule has 0 aliphatic carbocycles. The molecule has 0 radical (unpaired) electrons. The molecule has 1 saturated heterocycles. The quantitative estimate of drug-likeness (QED) is 0.775. The Hall–Kier alpha value is -2.04. The first-order valence-electron chi connectivity index (χ1n) is 9.20. The zero-order valence-corrected chi connectivity index (χ0v) is 14.7. The molecule has 1 heterocycles. The Morgan fingerprint density at radius 2 is 1.72 bits per heavy atom. The number of ether oxygens (including phenoxy) is 1. The van der Waals surface area contributed by atoms with Gasteiger partial charge in [0, 0.05) is 31.4 Å². The number of hydrogen-bond acceptors (Lipinski definition) is 4. The number of rotatable bonds is 8. The van der Waals surface area contributed by atoms with Crippen LogP contribution in [0.3, 0.4) is 0 Å². The van der Waals surface area contributed by atoms with Crippen LogP contribution in [0.15, 0.2) is 54.6 Å². The van der Waals surface area contributed by atoms with E-state index in [1.54, 1.807) is 0 Å². The average molecular weight is 340 g/mol. The van der Waals surface area contributed by atoms with Gasteiger partial charge in [-0.15, -0.1) is 0 Å². The lowest BCUT2D eigenvalue weighted by molar-refractivity contribution is 0.201. The molecule has 134 valence electrons. The maximum Gasteiger partial charge on any atom is 0.119 e. The Labute approximate surface area is 150 Å². The zero-order valence-electron chi connectivity index (χ0n) is 14.7. The van der Waals surface area contributed by atoms with Crippen molar-refractivity contribution in [1.29, 1.82) is 0 Å². The maximum absolute atomic E-state index is 8.78. The van der Waals surface area contributed by atoms with Crippen molar-refractivity contribution in [3.63, 3.8) is 0 Å². The van der Waals surface area contributed by atoms with Gasteiger partial charge in [0.15, 0.2) is 0 Å². The van der Waals surface area contributed by atoms with Crippen LogP contribution < -0.4 is 10.1 Å². The summed E-state index contributed by atoms with van der Waals surface area (Å²) in [5.74, 6) is 0.801. The van der Waals surface area contributed by atoms with E-state index < -0.39 is 0 Å². The van der Waals surface area contributed by atoms with Crippen LogP contribution in [-0.4, -0.2) is 48.9 Å². The molecule has 2 N–H and O–H groups in total. The first kappa shape index (κ1) is 17.8. The molecule has 25 heavy (non-hydrogen) atoms. The van der Waals surface area contributed by atoms with Gasteiger partial charge in [0.1, 0.15) is 12.4 Å². The van der Waals surface area contributed by atoms with E-state index >= 15 is 0 Å². The molecule has 4 heteroatoms.